The summed E-state index contributed by atoms with van der Waals surface area (Å²) in [4.78, 5) is 0. The normalized spacial score (nSPS) is 20.3. The summed E-state index contributed by atoms with van der Waals surface area (Å²) in [7, 11) is 0. The SMILES string of the molecule is OCC1(CNCCC(F)(F)F)CC1. The van der Waals surface area contributed by atoms with E-state index in [0.29, 0.717) is 6.54 Å². The molecule has 78 valence electrons. The van der Waals surface area contributed by atoms with Crippen LogP contribution in [-0.4, -0.2) is 31.0 Å². The van der Waals surface area contributed by atoms with E-state index in [2.05, 4.69) is 5.32 Å². The van der Waals surface area contributed by atoms with Gasteiger partial charge in [0.25, 0.3) is 0 Å². The summed E-state index contributed by atoms with van der Waals surface area (Å²) in [6, 6.07) is 0. The van der Waals surface area contributed by atoms with Crippen molar-refractivity contribution in [1.29, 1.82) is 0 Å². The van der Waals surface area contributed by atoms with E-state index in [-0.39, 0.29) is 18.6 Å². The third-order valence-electron chi connectivity index (χ3n) is 2.38. The second-order valence-corrected chi connectivity index (χ2v) is 3.70. The van der Waals surface area contributed by atoms with Gasteiger partial charge in [-0.25, -0.2) is 0 Å². The molecule has 5 heteroatoms. The molecular weight excluding hydrogens is 183 g/mol. The predicted octanol–water partition coefficient (Wildman–Crippen LogP) is 1.30. The molecule has 1 aliphatic rings. The van der Waals surface area contributed by atoms with Crippen LogP contribution < -0.4 is 5.32 Å². The smallest absolute Gasteiger partial charge is 0.390 e. The van der Waals surface area contributed by atoms with Gasteiger partial charge in [0.2, 0.25) is 0 Å². The van der Waals surface area contributed by atoms with Crippen molar-refractivity contribution < 1.29 is 18.3 Å². The number of nitrogens with one attached hydrogen (secondary N) is 1. The van der Waals surface area contributed by atoms with E-state index in [9.17, 15) is 13.2 Å². The average Bonchev–Trinajstić information content (AvgIpc) is 2.78. The minimum atomic E-state index is -4.08. The van der Waals surface area contributed by atoms with E-state index >= 15 is 0 Å². The van der Waals surface area contributed by atoms with Gasteiger partial charge in [0.05, 0.1) is 6.42 Å². The van der Waals surface area contributed by atoms with Crippen LogP contribution in [0.4, 0.5) is 13.2 Å². The quantitative estimate of drug-likeness (QED) is 0.651. The molecule has 1 fully saturated rings. The molecule has 2 N–H and O–H groups in total. The van der Waals surface area contributed by atoms with Crippen LogP contribution in [0.2, 0.25) is 0 Å². The standard InChI is InChI=1S/C8H14F3NO/c9-8(10,11)3-4-12-5-7(6-13)1-2-7/h12-13H,1-6H2. The van der Waals surface area contributed by atoms with Crippen molar-refractivity contribution in [3.05, 3.63) is 0 Å². The largest absolute Gasteiger partial charge is 0.396 e. The van der Waals surface area contributed by atoms with Gasteiger partial charge < -0.3 is 10.4 Å². The molecule has 0 amide bonds. The minimum absolute atomic E-state index is 0.0503. The lowest BCUT2D eigenvalue weighted by molar-refractivity contribution is -0.133. The molecule has 13 heavy (non-hydrogen) atoms. The van der Waals surface area contributed by atoms with Gasteiger partial charge >= 0.3 is 6.18 Å². The van der Waals surface area contributed by atoms with Gasteiger partial charge in [-0.1, -0.05) is 0 Å². The first-order valence-electron chi connectivity index (χ1n) is 4.36. The summed E-state index contributed by atoms with van der Waals surface area (Å²) in [5, 5.41) is 11.6. The Balaban J connectivity index is 2.02. The second kappa shape index (κ2) is 3.84. The third kappa shape index (κ3) is 3.95. The molecule has 0 bridgehead atoms. The van der Waals surface area contributed by atoms with Gasteiger partial charge in [-0.05, 0) is 12.8 Å². The van der Waals surface area contributed by atoms with Crippen LogP contribution in [0.15, 0.2) is 0 Å². The molecule has 1 saturated carbocycles. The lowest BCUT2D eigenvalue weighted by atomic mass is 10.1. The lowest BCUT2D eigenvalue weighted by Gasteiger charge is -2.13. The summed E-state index contributed by atoms with van der Waals surface area (Å²) in [5.41, 5.74) is -0.106. The van der Waals surface area contributed by atoms with Gasteiger partial charge in [-0.2, -0.15) is 13.2 Å². The number of hydrogen-bond donors (Lipinski definition) is 2. The fraction of sp³-hybridized carbons (Fsp3) is 1.00. The van der Waals surface area contributed by atoms with Crippen LogP contribution in [0.3, 0.4) is 0 Å². The first-order chi connectivity index (χ1) is 5.97. The zero-order chi connectivity index (χ0) is 9.95. The maximum absolute atomic E-state index is 11.7. The van der Waals surface area contributed by atoms with Crippen molar-refractivity contribution in [3.63, 3.8) is 0 Å². The maximum atomic E-state index is 11.7. The fourth-order valence-corrected chi connectivity index (χ4v) is 1.15. The molecule has 0 aromatic carbocycles. The van der Waals surface area contributed by atoms with Crippen LogP contribution >= 0.6 is 0 Å². The molecular formula is C8H14F3NO. The van der Waals surface area contributed by atoms with Gasteiger partial charge in [-0.3, -0.25) is 0 Å². The monoisotopic (exact) mass is 197 g/mol. The number of rotatable bonds is 5. The topological polar surface area (TPSA) is 32.3 Å². The average molecular weight is 197 g/mol. The molecule has 2 nitrogen and oxygen atoms in total. The van der Waals surface area contributed by atoms with Crippen LogP contribution in [0.25, 0.3) is 0 Å². The molecule has 0 atom stereocenters. The van der Waals surface area contributed by atoms with Crippen molar-refractivity contribution in [1.82, 2.24) is 5.32 Å². The van der Waals surface area contributed by atoms with Gasteiger partial charge in [0, 0.05) is 25.1 Å². The number of alkyl halides is 3. The Bertz CT molecular complexity index is 165. The molecule has 1 rings (SSSR count). The molecule has 0 aromatic rings. The summed E-state index contributed by atoms with van der Waals surface area (Å²) >= 11 is 0. The maximum Gasteiger partial charge on any atom is 0.390 e. The summed E-state index contributed by atoms with van der Waals surface area (Å²) in [6.45, 7) is 0.525. The number of aliphatic hydroxyl groups excluding tert-OH is 1. The van der Waals surface area contributed by atoms with E-state index in [1.807, 2.05) is 0 Å². The van der Waals surface area contributed by atoms with E-state index in [0.717, 1.165) is 12.8 Å². The summed E-state index contributed by atoms with van der Waals surface area (Å²) in [6.07, 6.45) is -3.04. The van der Waals surface area contributed by atoms with E-state index in [1.165, 1.54) is 0 Å². The highest BCUT2D eigenvalue weighted by atomic mass is 19.4. The Kier molecular flexibility index (Phi) is 3.18. The van der Waals surface area contributed by atoms with Crippen molar-refractivity contribution >= 4 is 0 Å². The third-order valence-corrected chi connectivity index (χ3v) is 2.38. The summed E-state index contributed by atoms with van der Waals surface area (Å²) < 4.78 is 35.1. The van der Waals surface area contributed by atoms with E-state index < -0.39 is 12.6 Å². The fourth-order valence-electron chi connectivity index (χ4n) is 1.15. The van der Waals surface area contributed by atoms with Crippen LogP contribution in [-0.2, 0) is 0 Å². The zero-order valence-electron chi connectivity index (χ0n) is 7.32. The number of hydrogen-bond acceptors (Lipinski definition) is 2. The Labute approximate surface area is 75.1 Å². The Morgan fingerprint density at radius 1 is 1.31 bits per heavy atom. The number of halogens is 3. The molecule has 0 heterocycles. The molecule has 0 aromatic heterocycles. The first-order valence-corrected chi connectivity index (χ1v) is 4.36. The highest BCUT2D eigenvalue weighted by molar-refractivity contribution is 4.94. The minimum Gasteiger partial charge on any atom is -0.396 e. The van der Waals surface area contributed by atoms with Crippen molar-refractivity contribution in [2.75, 3.05) is 19.7 Å². The second-order valence-electron chi connectivity index (χ2n) is 3.70. The molecule has 0 saturated heterocycles. The molecule has 0 spiro atoms. The van der Waals surface area contributed by atoms with Crippen LogP contribution in [0.5, 0.6) is 0 Å². The van der Waals surface area contributed by atoms with Gasteiger partial charge in [0.15, 0.2) is 0 Å². The van der Waals surface area contributed by atoms with Crippen molar-refractivity contribution in [2.45, 2.75) is 25.4 Å². The van der Waals surface area contributed by atoms with Crippen molar-refractivity contribution in [3.8, 4) is 0 Å². The number of aliphatic hydroxyl groups is 1. The van der Waals surface area contributed by atoms with Crippen LogP contribution in [0, 0.1) is 5.41 Å². The zero-order valence-corrected chi connectivity index (χ0v) is 7.32. The Morgan fingerprint density at radius 3 is 2.31 bits per heavy atom. The van der Waals surface area contributed by atoms with Gasteiger partial charge in [0.1, 0.15) is 0 Å². The molecule has 0 unspecified atom stereocenters. The summed E-state index contributed by atoms with van der Waals surface area (Å²) in [5.74, 6) is 0. The van der Waals surface area contributed by atoms with E-state index in [1.54, 1.807) is 0 Å². The van der Waals surface area contributed by atoms with Crippen LogP contribution in [0.1, 0.15) is 19.3 Å². The lowest BCUT2D eigenvalue weighted by Crippen LogP contribution is -2.29. The highest BCUT2D eigenvalue weighted by Gasteiger charge is 2.41. The molecule has 0 aliphatic heterocycles. The van der Waals surface area contributed by atoms with Gasteiger partial charge in [-0.15, -0.1) is 0 Å². The highest BCUT2D eigenvalue weighted by Crippen LogP contribution is 2.44. The molecule has 0 radical (unpaired) electrons. The Morgan fingerprint density at radius 2 is 1.92 bits per heavy atom. The first kappa shape index (κ1) is 10.8. The van der Waals surface area contributed by atoms with E-state index in [4.69, 9.17) is 5.11 Å². The Hall–Kier alpha value is -0.290. The molecule has 1 aliphatic carbocycles. The van der Waals surface area contributed by atoms with Crippen molar-refractivity contribution in [2.24, 2.45) is 5.41 Å². The predicted molar refractivity (Wildman–Crippen MR) is 42.3 cm³/mol.